The number of ether oxygens (including phenoxy) is 3. The molecule has 0 aliphatic carbocycles. The Morgan fingerprint density at radius 1 is 1.00 bits per heavy atom. The minimum atomic E-state index is -0.670. The maximum Gasteiger partial charge on any atom is 0.341 e. The normalized spacial score (nSPS) is 10.3. The van der Waals surface area contributed by atoms with E-state index in [9.17, 15) is 14.4 Å². The van der Waals surface area contributed by atoms with E-state index in [0.717, 1.165) is 11.3 Å². The lowest BCUT2D eigenvalue weighted by Crippen LogP contribution is -2.21. The van der Waals surface area contributed by atoms with Crippen molar-refractivity contribution in [3.8, 4) is 11.5 Å². The minimum Gasteiger partial charge on any atom is -0.497 e. The van der Waals surface area contributed by atoms with Crippen LogP contribution in [0.1, 0.15) is 25.6 Å². The van der Waals surface area contributed by atoms with E-state index >= 15 is 0 Å². The van der Waals surface area contributed by atoms with Crippen molar-refractivity contribution >= 4 is 51.4 Å². The highest BCUT2D eigenvalue weighted by Crippen LogP contribution is 2.34. The first-order valence-electron chi connectivity index (χ1n) is 9.67. The Kier molecular flexibility index (Phi) is 7.92. The molecule has 33 heavy (non-hydrogen) atoms. The molecule has 0 saturated carbocycles. The van der Waals surface area contributed by atoms with Crippen molar-refractivity contribution in [3.63, 3.8) is 0 Å². The standard InChI is InChI=1S/C23H21ClN2O6S/c1-13-19(23(29)31-3)22(26-18(27)12-32-17-9-7-16(30-2)8-10-17)33-20(13)21(28)25-15-6-4-5-14(24)11-15/h4-11H,12H2,1-3H3,(H,25,28)(H,26,27). The van der Waals surface area contributed by atoms with Gasteiger partial charge in [-0.1, -0.05) is 17.7 Å². The van der Waals surface area contributed by atoms with Gasteiger partial charge in [0.2, 0.25) is 0 Å². The lowest BCUT2D eigenvalue weighted by molar-refractivity contribution is -0.118. The molecule has 0 radical (unpaired) electrons. The average Bonchev–Trinajstić information content (AvgIpc) is 3.13. The van der Waals surface area contributed by atoms with E-state index in [2.05, 4.69) is 10.6 Å². The summed E-state index contributed by atoms with van der Waals surface area (Å²) in [6.45, 7) is 1.31. The molecule has 10 heteroatoms. The van der Waals surface area contributed by atoms with Gasteiger partial charge in [-0.25, -0.2) is 4.79 Å². The van der Waals surface area contributed by atoms with Crippen molar-refractivity contribution in [2.45, 2.75) is 6.92 Å². The molecular formula is C23H21ClN2O6S. The number of anilines is 2. The van der Waals surface area contributed by atoms with Crippen molar-refractivity contribution in [2.75, 3.05) is 31.5 Å². The third kappa shape index (κ3) is 6.03. The first-order valence-corrected chi connectivity index (χ1v) is 10.9. The Morgan fingerprint density at radius 3 is 2.33 bits per heavy atom. The first-order chi connectivity index (χ1) is 15.8. The third-order valence-corrected chi connectivity index (χ3v) is 5.95. The second kappa shape index (κ2) is 10.8. The van der Waals surface area contributed by atoms with Gasteiger partial charge in [0.25, 0.3) is 11.8 Å². The lowest BCUT2D eigenvalue weighted by atomic mass is 10.1. The van der Waals surface area contributed by atoms with E-state index < -0.39 is 17.8 Å². The lowest BCUT2D eigenvalue weighted by Gasteiger charge is -2.08. The van der Waals surface area contributed by atoms with Crippen LogP contribution in [0.4, 0.5) is 10.7 Å². The van der Waals surface area contributed by atoms with E-state index in [4.69, 9.17) is 25.8 Å². The molecule has 0 aliphatic heterocycles. The van der Waals surface area contributed by atoms with Gasteiger partial charge in [-0.15, -0.1) is 11.3 Å². The zero-order valence-electron chi connectivity index (χ0n) is 18.1. The van der Waals surface area contributed by atoms with Crippen LogP contribution < -0.4 is 20.1 Å². The van der Waals surface area contributed by atoms with Gasteiger partial charge in [0, 0.05) is 10.7 Å². The number of carbonyl (C=O) groups excluding carboxylic acids is 3. The first kappa shape index (κ1) is 24.1. The molecule has 2 N–H and O–H groups in total. The van der Waals surface area contributed by atoms with Gasteiger partial charge < -0.3 is 24.8 Å². The number of rotatable bonds is 8. The minimum absolute atomic E-state index is 0.108. The van der Waals surface area contributed by atoms with Crippen molar-refractivity contribution in [2.24, 2.45) is 0 Å². The highest BCUT2D eigenvalue weighted by atomic mass is 35.5. The predicted octanol–water partition coefficient (Wildman–Crippen LogP) is 4.77. The third-order valence-electron chi connectivity index (χ3n) is 4.51. The van der Waals surface area contributed by atoms with E-state index in [0.29, 0.717) is 27.8 Å². The molecule has 3 rings (SSSR count). The maximum absolute atomic E-state index is 12.8. The Labute approximate surface area is 199 Å². The number of amides is 2. The number of hydrogen-bond donors (Lipinski definition) is 2. The van der Waals surface area contributed by atoms with Crippen LogP contribution in [0, 0.1) is 6.92 Å². The summed E-state index contributed by atoms with van der Waals surface area (Å²) in [4.78, 5) is 37.9. The zero-order chi connectivity index (χ0) is 24.0. The van der Waals surface area contributed by atoms with Crippen LogP contribution in [0.15, 0.2) is 48.5 Å². The summed E-state index contributed by atoms with van der Waals surface area (Å²) in [5.74, 6) is -0.480. The van der Waals surface area contributed by atoms with Gasteiger partial charge in [-0.3, -0.25) is 9.59 Å². The maximum atomic E-state index is 12.8. The van der Waals surface area contributed by atoms with Crippen LogP contribution in [0.5, 0.6) is 11.5 Å². The number of methoxy groups -OCH3 is 2. The summed E-state index contributed by atoms with van der Waals surface area (Å²) in [7, 11) is 2.78. The number of benzene rings is 2. The predicted molar refractivity (Wildman–Crippen MR) is 127 cm³/mol. The number of esters is 1. The molecule has 0 saturated heterocycles. The van der Waals surface area contributed by atoms with Crippen LogP contribution in [0.25, 0.3) is 0 Å². The summed E-state index contributed by atoms with van der Waals surface area (Å²) in [6, 6.07) is 13.4. The van der Waals surface area contributed by atoms with Gasteiger partial charge in [-0.05, 0) is 55.0 Å². The number of thiophene rings is 1. The largest absolute Gasteiger partial charge is 0.497 e. The number of carbonyl (C=O) groups is 3. The SMILES string of the molecule is COC(=O)c1c(NC(=O)COc2ccc(OC)cc2)sc(C(=O)Nc2cccc(Cl)c2)c1C. The number of nitrogens with one attached hydrogen (secondary N) is 2. The Bertz CT molecular complexity index is 1180. The van der Waals surface area contributed by atoms with Crippen LogP contribution in [-0.2, 0) is 9.53 Å². The van der Waals surface area contributed by atoms with Crippen LogP contribution >= 0.6 is 22.9 Å². The molecule has 0 aliphatic rings. The van der Waals surface area contributed by atoms with E-state index in [1.54, 1.807) is 62.6 Å². The molecule has 172 valence electrons. The Hall–Kier alpha value is -3.56. The topological polar surface area (TPSA) is 103 Å². The quantitative estimate of drug-likeness (QED) is 0.442. The smallest absolute Gasteiger partial charge is 0.341 e. The fourth-order valence-electron chi connectivity index (χ4n) is 2.90. The monoisotopic (exact) mass is 488 g/mol. The van der Waals surface area contributed by atoms with Gasteiger partial charge in [-0.2, -0.15) is 0 Å². The highest BCUT2D eigenvalue weighted by molar-refractivity contribution is 7.19. The molecule has 3 aromatic rings. The zero-order valence-corrected chi connectivity index (χ0v) is 19.6. The van der Waals surface area contributed by atoms with Crippen molar-refractivity contribution in [3.05, 3.63) is 69.6 Å². The molecule has 0 spiro atoms. The van der Waals surface area contributed by atoms with Crippen molar-refractivity contribution < 1.29 is 28.6 Å². The molecule has 0 bridgehead atoms. The van der Waals surface area contributed by atoms with Crippen molar-refractivity contribution in [1.82, 2.24) is 0 Å². The molecule has 8 nitrogen and oxygen atoms in total. The van der Waals surface area contributed by atoms with Crippen LogP contribution in [0.2, 0.25) is 5.02 Å². The molecule has 1 aromatic heterocycles. The van der Waals surface area contributed by atoms with Gasteiger partial charge in [0.15, 0.2) is 6.61 Å². The summed E-state index contributed by atoms with van der Waals surface area (Å²) in [5, 5.41) is 6.03. The summed E-state index contributed by atoms with van der Waals surface area (Å²) in [5.41, 5.74) is 0.993. The number of halogens is 1. The Balaban J connectivity index is 1.76. The van der Waals surface area contributed by atoms with Gasteiger partial charge in [0.05, 0.1) is 24.7 Å². The average molecular weight is 489 g/mol. The Morgan fingerprint density at radius 2 is 1.70 bits per heavy atom. The summed E-state index contributed by atoms with van der Waals surface area (Å²) >= 11 is 6.93. The molecule has 2 amide bonds. The van der Waals surface area contributed by atoms with Crippen LogP contribution in [0.3, 0.4) is 0 Å². The molecule has 2 aromatic carbocycles. The number of hydrogen-bond acceptors (Lipinski definition) is 7. The highest BCUT2D eigenvalue weighted by Gasteiger charge is 2.26. The van der Waals surface area contributed by atoms with Gasteiger partial charge >= 0.3 is 5.97 Å². The fraction of sp³-hybridized carbons (Fsp3) is 0.174. The summed E-state index contributed by atoms with van der Waals surface area (Å²) < 4.78 is 15.4. The molecule has 0 atom stereocenters. The molecule has 0 unspecified atom stereocenters. The molecule has 0 fully saturated rings. The second-order valence-corrected chi connectivity index (χ2v) is 8.19. The van der Waals surface area contributed by atoms with Crippen LogP contribution in [-0.4, -0.2) is 38.6 Å². The van der Waals surface area contributed by atoms with E-state index in [1.165, 1.54) is 7.11 Å². The second-order valence-electron chi connectivity index (χ2n) is 6.73. The van der Waals surface area contributed by atoms with Gasteiger partial charge in [0.1, 0.15) is 16.5 Å². The van der Waals surface area contributed by atoms with E-state index in [-0.39, 0.29) is 22.0 Å². The molecule has 1 heterocycles. The molecular weight excluding hydrogens is 468 g/mol. The summed E-state index contributed by atoms with van der Waals surface area (Å²) in [6.07, 6.45) is 0. The van der Waals surface area contributed by atoms with Crippen molar-refractivity contribution in [1.29, 1.82) is 0 Å². The fourth-order valence-corrected chi connectivity index (χ4v) is 4.20. The van der Waals surface area contributed by atoms with E-state index in [1.807, 2.05) is 0 Å².